The van der Waals surface area contributed by atoms with E-state index in [1.165, 1.54) is 17.3 Å². The van der Waals surface area contributed by atoms with Crippen molar-refractivity contribution in [1.29, 1.82) is 0 Å². The lowest BCUT2D eigenvalue weighted by Crippen LogP contribution is -2.36. The first kappa shape index (κ1) is 12.9. The smallest absolute Gasteiger partial charge is 0.324 e. The number of carboxylic acid groups (broad SMARTS) is 1. The fourth-order valence-corrected chi connectivity index (χ4v) is 1.17. The third-order valence-corrected chi connectivity index (χ3v) is 2.05. The zero-order valence-electron chi connectivity index (χ0n) is 9.46. The average molecular weight is 238 g/mol. The van der Waals surface area contributed by atoms with Crippen LogP contribution < -0.4 is 5.32 Å². The predicted octanol–water partition coefficient (Wildman–Crippen LogP) is 0.805. The van der Waals surface area contributed by atoms with Gasteiger partial charge in [0.25, 0.3) is 0 Å². The Hall–Kier alpha value is -2.18. The van der Waals surface area contributed by atoms with Crippen LogP contribution in [-0.2, 0) is 4.79 Å². The molecule has 0 aliphatic rings. The molecule has 0 saturated heterocycles. The summed E-state index contributed by atoms with van der Waals surface area (Å²) in [5.74, 6) is -0.738. The van der Waals surface area contributed by atoms with Gasteiger partial charge in [-0.2, -0.15) is 0 Å². The number of hydrogen-bond acceptors (Lipinski definition) is 4. The second kappa shape index (κ2) is 6.41. The van der Waals surface area contributed by atoms with Crippen LogP contribution in [0.3, 0.4) is 0 Å². The third-order valence-electron chi connectivity index (χ3n) is 2.05. The number of nitrogens with one attached hydrogen (secondary N) is 1. The molecule has 2 amide bonds. The zero-order valence-corrected chi connectivity index (χ0v) is 9.46. The quantitative estimate of drug-likeness (QED) is 0.791. The molecule has 0 aromatic carbocycles. The third kappa shape index (κ3) is 4.45. The van der Waals surface area contributed by atoms with E-state index in [2.05, 4.69) is 15.3 Å². The van der Waals surface area contributed by atoms with Gasteiger partial charge >= 0.3 is 12.0 Å². The molecule has 0 saturated carbocycles. The first-order chi connectivity index (χ1) is 8.13. The van der Waals surface area contributed by atoms with Crippen molar-refractivity contribution in [2.45, 2.75) is 13.3 Å². The topological polar surface area (TPSA) is 95.4 Å². The Morgan fingerprint density at radius 2 is 2.06 bits per heavy atom. The summed E-state index contributed by atoms with van der Waals surface area (Å²) in [7, 11) is 0. The Balaban J connectivity index is 2.52. The van der Waals surface area contributed by atoms with Crippen LogP contribution in [0.15, 0.2) is 18.5 Å². The lowest BCUT2D eigenvalue weighted by molar-refractivity contribution is -0.137. The SMILES string of the molecule is CCN(CCC(=O)O)C(=O)Nc1ncccn1. The van der Waals surface area contributed by atoms with E-state index in [1.54, 1.807) is 13.0 Å². The van der Waals surface area contributed by atoms with Crippen LogP contribution >= 0.6 is 0 Å². The predicted molar refractivity (Wildman–Crippen MR) is 60.6 cm³/mol. The van der Waals surface area contributed by atoms with E-state index in [0.29, 0.717) is 6.54 Å². The van der Waals surface area contributed by atoms with Crippen LogP contribution in [0.5, 0.6) is 0 Å². The molecule has 7 nitrogen and oxygen atoms in total. The Labute approximate surface area is 98.5 Å². The largest absolute Gasteiger partial charge is 0.481 e. The molecule has 17 heavy (non-hydrogen) atoms. The number of urea groups is 1. The van der Waals surface area contributed by atoms with Crippen molar-refractivity contribution in [3.05, 3.63) is 18.5 Å². The Morgan fingerprint density at radius 3 is 2.59 bits per heavy atom. The maximum Gasteiger partial charge on any atom is 0.324 e. The number of amides is 2. The normalized spacial score (nSPS) is 9.71. The van der Waals surface area contributed by atoms with Crippen molar-refractivity contribution in [1.82, 2.24) is 14.9 Å². The molecule has 1 aromatic rings. The molecule has 0 aliphatic heterocycles. The summed E-state index contributed by atoms with van der Waals surface area (Å²) >= 11 is 0. The molecule has 1 aromatic heterocycles. The second-order valence-electron chi connectivity index (χ2n) is 3.23. The second-order valence-corrected chi connectivity index (χ2v) is 3.23. The Kier molecular flexibility index (Phi) is 4.86. The minimum absolute atomic E-state index is 0.0864. The molecule has 0 fully saturated rings. The summed E-state index contributed by atoms with van der Waals surface area (Å²) in [6, 6.07) is 1.23. The number of aliphatic carboxylic acids is 1. The molecule has 1 rings (SSSR count). The van der Waals surface area contributed by atoms with Crippen molar-refractivity contribution in [3.63, 3.8) is 0 Å². The number of rotatable bonds is 5. The van der Waals surface area contributed by atoms with Crippen LogP contribution in [0, 0.1) is 0 Å². The highest BCUT2D eigenvalue weighted by Gasteiger charge is 2.13. The number of carboxylic acids is 1. The van der Waals surface area contributed by atoms with E-state index in [4.69, 9.17) is 5.11 Å². The number of aromatic nitrogens is 2. The van der Waals surface area contributed by atoms with Crippen molar-refractivity contribution < 1.29 is 14.7 Å². The molecule has 0 spiro atoms. The van der Waals surface area contributed by atoms with Gasteiger partial charge in [-0.15, -0.1) is 0 Å². The molecule has 2 N–H and O–H groups in total. The summed E-state index contributed by atoms with van der Waals surface area (Å²) in [4.78, 5) is 31.2. The van der Waals surface area contributed by atoms with Gasteiger partial charge in [-0.25, -0.2) is 14.8 Å². The van der Waals surface area contributed by atoms with Crippen molar-refractivity contribution in [3.8, 4) is 0 Å². The monoisotopic (exact) mass is 238 g/mol. The highest BCUT2D eigenvalue weighted by atomic mass is 16.4. The molecular weight excluding hydrogens is 224 g/mol. The van der Waals surface area contributed by atoms with Crippen molar-refractivity contribution in [2.24, 2.45) is 0 Å². The highest BCUT2D eigenvalue weighted by Crippen LogP contribution is 1.99. The fraction of sp³-hybridized carbons (Fsp3) is 0.400. The summed E-state index contributed by atoms with van der Waals surface area (Å²) in [6.45, 7) is 2.35. The van der Waals surface area contributed by atoms with E-state index in [9.17, 15) is 9.59 Å². The van der Waals surface area contributed by atoms with Gasteiger partial charge in [0.15, 0.2) is 0 Å². The Morgan fingerprint density at radius 1 is 1.41 bits per heavy atom. The van der Waals surface area contributed by atoms with Gasteiger partial charge in [-0.1, -0.05) is 0 Å². The molecule has 92 valence electrons. The number of anilines is 1. The number of carbonyl (C=O) groups excluding carboxylic acids is 1. The first-order valence-electron chi connectivity index (χ1n) is 5.18. The molecule has 0 unspecified atom stereocenters. The highest BCUT2D eigenvalue weighted by molar-refractivity contribution is 5.87. The van der Waals surface area contributed by atoms with Crippen LogP contribution in [-0.4, -0.2) is 45.1 Å². The first-order valence-corrected chi connectivity index (χ1v) is 5.18. The molecule has 0 atom stereocenters. The van der Waals surface area contributed by atoms with Crippen LogP contribution in [0.1, 0.15) is 13.3 Å². The molecule has 0 radical (unpaired) electrons. The van der Waals surface area contributed by atoms with Gasteiger partial charge < -0.3 is 10.0 Å². The van der Waals surface area contributed by atoms with Crippen LogP contribution in [0.4, 0.5) is 10.7 Å². The Bertz CT molecular complexity index is 382. The molecule has 1 heterocycles. The average Bonchev–Trinajstić information content (AvgIpc) is 2.30. The molecule has 0 aliphatic carbocycles. The van der Waals surface area contributed by atoms with E-state index >= 15 is 0 Å². The maximum atomic E-state index is 11.7. The summed E-state index contributed by atoms with van der Waals surface area (Å²) in [6.07, 6.45) is 2.93. The van der Waals surface area contributed by atoms with Gasteiger partial charge in [0.2, 0.25) is 5.95 Å². The van der Waals surface area contributed by atoms with Gasteiger partial charge in [-0.05, 0) is 13.0 Å². The van der Waals surface area contributed by atoms with E-state index in [1.807, 2.05) is 0 Å². The minimum atomic E-state index is -0.938. The minimum Gasteiger partial charge on any atom is -0.481 e. The number of hydrogen-bond donors (Lipinski definition) is 2. The lowest BCUT2D eigenvalue weighted by atomic mass is 10.4. The summed E-state index contributed by atoms with van der Waals surface area (Å²) in [5, 5.41) is 11.0. The van der Waals surface area contributed by atoms with E-state index in [0.717, 1.165) is 0 Å². The molecule has 0 bridgehead atoms. The van der Waals surface area contributed by atoms with E-state index < -0.39 is 12.0 Å². The lowest BCUT2D eigenvalue weighted by Gasteiger charge is -2.19. The number of nitrogens with zero attached hydrogens (tertiary/aromatic N) is 3. The zero-order chi connectivity index (χ0) is 12.7. The fourth-order valence-electron chi connectivity index (χ4n) is 1.17. The van der Waals surface area contributed by atoms with Gasteiger partial charge in [-0.3, -0.25) is 10.1 Å². The van der Waals surface area contributed by atoms with Crippen molar-refractivity contribution in [2.75, 3.05) is 18.4 Å². The molecular formula is C10H14N4O3. The molecule has 7 heteroatoms. The number of carbonyl (C=O) groups is 2. The maximum absolute atomic E-state index is 11.7. The van der Waals surface area contributed by atoms with Crippen LogP contribution in [0.2, 0.25) is 0 Å². The van der Waals surface area contributed by atoms with Crippen LogP contribution in [0.25, 0.3) is 0 Å². The summed E-state index contributed by atoms with van der Waals surface area (Å²) < 4.78 is 0. The summed E-state index contributed by atoms with van der Waals surface area (Å²) in [5.41, 5.74) is 0. The van der Waals surface area contributed by atoms with Gasteiger partial charge in [0.1, 0.15) is 0 Å². The van der Waals surface area contributed by atoms with Gasteiger partial charge in [0.05, 0.1) is 6.42 Å². The van der Waals surface area contributed by atoms with Crippen molar-refractivity contribution >= 4 is 17.9 Å². The van der Waals surface area contributed by atoms with Gasteiger partial charge in [0, 0.05) is 25.5 Å². The van der Waals surface area contributed by atoms with E-state index in [-0.39, 0.29) is 18.9 Å². The standard InChI is InChI=1S/C10H14N4O3/c1-2-14(7-4-8(15)16)10(17)13-9-11-5-3-6-12-9/h3,5-6H,2,4,7H2,1H3,(H,15,16)(H,11,12,13,17).